The molecular weight excluding hydrogens is 286 g/mol. The minimum Gasteiger partial charge on any atom is -0.280 e. The molecule has 110 valence electrons. The van der Waals surface area contributed by atoms with Gasteiger partial charge in [0, 0.05) is 25.2 Å². The van der Waals surface area contributed by atoms with Gasteiger partial charge in [-0.3, -0.25) is 13.9 Å². The number of aryl methyl sites for hydroxylation is 2. The highest BCUT2D eigenvalue weighted by molar-refractivity contribution is 7.99. The zero-order chi connectivity index (χ0) is 15.6. The molecule has 2 aromatic rings. The predicted octanol–water partition coefficient (Wildman–Crippen LogP) is 1.31. The summed E-state index contributed by atoms with van der Waals surface area (Å²) in [5.41, 5.74) is 0.706. The topological polar surface area (TPSA) is 56.9 Å². The minimum absolute atomic E-state index is 0.321. The highest BCUT2D eigenvalue weighted by Gasteiger charge is 2.16. The lowest BCUT2D eigenvalue weighted by Gasteiger charge is -2.13. The number of nitrogens with zero attached hydrogens (tertiary/aromatic N) is 3. The Hall–Kier alpha value is -2.00. The van der Waals surface area contributed by atoms with E-state index in [4.69, 9.17) is 6.42 Å². The molecule has 0 radical (unpaired) electrons. The van der Waals surface area contributed by atoms with E-state index in [1.807, 2.05) is 0 Å². The van der Waals surface area contributed by atoms with Gasteiger partial charge in [-0.25, -0.2) is 9.78 Å². The zero-order valence-corrected chi connectivity index (χ0v) is 13.2. The number of hydrogen-bond donors (Lipinski definition) is 0. The Balaban J connectivity index is 2.91. The van der Waals surface area contributed by atoms with Crippen LogP contribution >= 0.6 is 11.8 Å². The van der Waals surface area contributed by atoms with E-state index < -0.39 is 0 Å². The molecule has 0 amide bonds. The molecule has 0 aromatic carbocycles. The molecule has 0 unspecified atom stereocenters. The first-order valence-corrected chi connectivity index (χ1v) is 7.65. The van der Waals surface area contributed by atoms with E-state index in [0.717, 1.165) is 27.9 Å². The molecule has 0 N–H and O–H groups in total. The van der Waals surface area contributed by atoms with E-state index in [9.17, 15) is 9.59 Å². The van der Waals surface area contributed by atoms with Gasteiger partial charge in [0.1, 0.15) is 5.65 Å². The summed E-state index contributed by atoms with van der Waals surface area (Å²) in [5, 5.41) is 0.478. The van der Waals surface area contributed by atoms with Crippen LogP contribution in [-0.2, 0) is 20.5 Å². The van der Waals surface area contributed by atoms with Crippen molar-refractivity contribution >= 4 is 22.8 Å². The third kappa shape index (κ3) is 2.61. The molecule has 0 saturated carbocycles. The molecule has 0 aliphatic rings. The minimum atomic E-state index is -0.379. The Morgan fingerprint density at radius 3 is 2.67 bits per heavy atom. The van der Waals surface area contributed by atoms with E-state index in [2.05, 4.69) is 17.8 Å². The summed E-state index contributed by atoms with van der Waals surface area (Å²) >= 11 is 1.45. The van der Waals surface area contributed by atoms with E-state index in [-0.39, 0.29) is 11.2 Å². The van der Waals surface area contributed by atoms with E-state index in [1.54, 1.807) is 13.2 Å². The summed E-state index contributed by atoms with van der Waals surface area (Å²) in [6.07, 6.45) is 8.85. The molecule has 0 atom stereocenters. The molecule has 0 aliphatic carbocycles. The van der Waals surface area contributed by atoms with Gasteiger partial charge in [-0.2, -0.15) is 0 Å². The molecule has 0 aliphatic heterocycles. The van der Waals surface area contributed by atoms with Crippen LogP contribution in [0.4, 0.5) is 0 Å². The van der Waals surface area contributed by atoms with Crippen LogP contribution in [-0.4, -0.2) is 19.9 Å². The van der Waals surface area contributed by atoms with Crippen LogP contribution in [0.5, 0.6) is 0 Å². The fraction of sp³-hybridized carbons (Fsp3) is 0.400. The Bertz CT molecular complexity index is 843. The standard InChI is InChI=1S/C15H17N3O2S/c1-5-7-10-9-16-13-11(12(10)21-8-6-2)14(19)18(4)15(20)17(13)3/h2,9H,5,7-8H2,1,3-4H3. The van der Waals surface area contributed by atoms with Crippen LogP contribution in [0.2, 0.25) is 0 Å². The molecule has 2 aromatic heterocycles. The average Bonchev–Trinajstić information content (AvgIpc) is 2.49. The van der Waals surface area contributed by atoms with Crippen LogP contribution in [0.1, 0.15) is 18.9 Å². The average molecular weight is 303 g/mol. The van der Waals surface area contributed by atoms with Crippen molar-refractivity contribution in [2.24, 2.45) is 14.1 Å². The van der Waals surface area contributed by atoms with Crippen molar-refractivity contribution in [1.82, 2.24) is 14.1 Å². The van der Waals surface area contributed by atoms with E-state index in [0.29, 0.717) is 16.8 Å². The summed E-state index contributed by atoms with van der Waals surface area (Å²) in [6, 6.07) is 0. The van der Waals surface area contributed by atoms with E-state index >= 15 is 0 Å². The third-order valence-corrected chi connectivity index (χ3v) is 4.38. The van der Waals surface area contributed by atoms with Gasteiger partial charge in [-0.15, -0.1) is 18.2 Å². The maximum Gasteiger partial charge on any atom is 0.332 e. The quantitative estimate of drug-likeness (QED) is 0.631. The number of pyridine rings is 1. The van der Waals surface area contributed by atoms with E-state index in [1.165, 1.54) is 23.4 Å². The second-order valence-electron chi connectivity index (χ2n) is 4.76. The molecule has 0 bridgehead atoms. The maximum absolute atomic E-state index is 12.5. The molecule has 5 nitrogen and oxygen atoms in total. The number of thioether (sulfide) groups is 1. The van der Waals surface area contributed by atoms with Crippen molar-refractivity contribution in [1.29, 1.82) is 0 Å². The first kappa shape index (κ1) is 15.4. The Kier molecular flexibility index (Phi) is 4.53. The summed E-state index contributed by atoms with van der Waals surface area (Å²) in [5.74, 6) is 3.05. The highest BCUT2D eigenvalue weighted by Crippen LogP contribution is 2.28. The molecule has 0 fully saturated rings. The van der Waals surface area contributed by atoms with Crippen LogP contribution in [0.25, 0.3) is 11.0 Å². The third-order valence-electron chi connectivity index (χ3n) is 3.31. The summed E-state index contributed by atoms with van der Waals surface area (Å²) < 4.78 is 2.51. The molecule has 2 heterocycles. The second-order valence-corrected chi connectivity index (χ2v) is 5.75. The second kappa shape index (κ2) is 6.19. The SMILES string of the molecule is C#CCSc1c(CCC)cnc2c1c(=O)n(C)c(=O)n2C. The van der Waals surface area contributed by atoms with Gasteiger partial charge in [0.15, 0.2) is 0 Å². The Morgan fingerprint density at radius 1 is 1.33 bits per heavy atom. The number of rotatable bonds is 4. The van der Waals surface area contributed by atoms with Crippen molar-refractivity contribution in [2.45, 2.75) is 24.7 Å². The molecule has 0 spiro atoms. The fourth-order valence-corrected chi connectivity index (χ4v) is 3.16. The van der Waals surface area contributed by atoms with Crippen LogP contribution < -0.4 is 11.2 Å². The van der Waals surface area contributed by atoms with Crippen molar-refractivity contribution in [3.8, 4) is 12.3 Å². The van der Waals surface area contributed by atoms with Gasteiger partial charge in [0.25, 0.3) is 5.56 Å². The molecular formula is C15H17N3O2S. The predicted molar refractivity (Wildman–Crippen MR) is 85.8 cm³/mol. The Morgan fingerprint density at radius 2 is 2.05 bits per heavy atom. The van der Waals surface area contributed by atoms with Crippen LogP contribution in [0.15, 0.2) is 20.7 Å². The van der Waals surface area contributed by atoms with Gasteiger partial charge in [-0.05, 0) is 12.0 Å². The van der Waals surface area contributed by atoms with Gasteiger partial charge < -0.3 is 0 Å². The lowest BCUT2D eigenvalue weighted by atomic mass is 10.1. The number of hydrogen-bond acceptors (Lipinski definition) is 4. The zero-order valence-electron chi connectivity index (χ0n) is 12.3. The first-order valence-electron chi connectivity index (χ1n) is 6.66. The van der Waals surface area contributed by atoms with Crippen molar-refractivity contribution in [3.63, 3.8) is 0 Å². The monoisotopic (exact) mass is 303 g/mol. The van der Waals surface area contributed by atoms with Crippen LogP contribution in [0.3, 0.4) is 0 Å². The fourth-order valence-electron chi connectivity index (χ4n) is 2.27. The first-order chi connectivity index (χ1) is 10.0. The summed E-state index contributed by atoms with van der Waals surface area (Å²) in [4.78, 5) is 29.6. The number of fused-ring (bicyclic) bond motifs is 1. The van der Waals surface area contributed by atoms with Crippen molar-refractivity contribution in [2.75, 3.05) is 5.75 Å². The summed E-state index contributed by atoms with van der Waals surface area (Å²) in [7, 11) is 3.10. The van der Waals surface area contributed by atoms with Crippen molar-refractivity contribution in [3.05, 3.63) is 32.6 Å². The van der Waals surface area contributed by atoms with Gasteiger partial charge in [0.2, 0.25) is 0 Å². The molecule has 2 rings (SSSR count). The van der Waals surface area contributed by atoms with Crippen LogP contribution in [0, 0.1) is 12.3 Å². The smallest absolute Gasteiger partial charge is 0.280 e. The lowest BCUT2D eigenvalue weighted by Crippen LogP contribution is -2.37. The Labute approximate surface area is 127 Å². The van der Waals surface area contributed by atoms with Gasteiger partial charge in [0.05, 0.1) is 11.1 Å². The number of terminal acetylenes is 1. The lowest BCUT2D eigenvalue weighted by molar-refractivity contribution is 0.704. The summed E-state index contributed by atoms with van der Waals surface area (Å²) in [6.45, 7) is 2.07. The largest absolute Gasteiger partial charge is 0.332 e. The molecule has 6 heteroatoms. The van der Waals surface area contributed by atoms with Gasteiger partial charge in [-0.1, -0.05) is 19.3 Å². The van der Waals surface area contributed by atoms with Gasteiger partial charge >= 0.3 is 5.69 Å². The normalized spacial score (nSPS) is 10.8. The van der Waals surface area contributed by atoms with Crippen molar-refractivity contribution < 1.29 is 0 Å². The molecule has 21 heavy (non-hydrogen) atoms. The number of aromatic nitrogens is 3. The maximum atomic E-state index is 12.5. The molecule has 0 saturated heterocycles. The highest BCUT2D eigenvalue weighted by atomic mass is 32.2.